The van der Waals surface area contributed by atoms with Crippen LogP contribution in [0.25, 0.3) is 10.9 Å². The Morgan fingerprint density at radius 2 is 2.25 bits per heavy atom. The number of ether oxygens (including phenoxy) is 1. The molecule has 0 fully saturated rings. The first kappa shape index (κ1) is 12.3. The third-order valence-corrected chi connectivity index (χ3v) is 2.09. The molecule has 2 aromatic rings. The number of carbonyl (C=O) groups is 1. The minimum Gasteiger partial charge on any atom is -0.468 e. The zero-order valence-corrected chi connectivity index (χ0v) is 9.14. The third-order valence-electron chi connectivity index (χ3n) is 2.09. The van der Waals surface area contributed by atoms with E-state index < -0.39 is 0 Å². The predicted octanol–water partition coefficient (Wildman–Crippen LogP) is 1.84. The van der Waals surface area contributed by atoms with Crippen LogP contribution in [-0.2, 0) is 16.1 Å². The van der Waals surface area contributed by atoms with Gasteiger partial charge in [0, 0.05) is 17.1 Å². The van der Waals surface area contributed by atoms with Crippen molar-refractivity contribution in [1.82, 2.24) is 4.98 Å². The molecule has 2 rings (SSSR count). The number of aliphatic hydroxyl groups excluding tert-OH is 1. The Bertz CT molecular complexity index is 437. The van der Waals surface area contributed by atoms with Crippen LogP contribution in [-0.4, -0.2) is 23.2 Å². The summed E-state index contributed by atoms with van der Waals surface area (Å²) in [5.41, 5.74) is 2.06. The standard InChI is InChI=1S/C9H9NO.C3H6O2/c11-6-7-2-1-3-9-8(7)4-5-10-9;1-2-5-3-4/h1-5,10-11H,6H2;3H,2H2,1H3. The van der Waals surface area contributed by atoms with Crippen LogP contribution in [0.1, 0.15) is 12.5 Å². The highest BCUT2D eigenvalue weighted by molar-refractivity contribution is 5.82. The Kier molecular flexibility index (Phi) is 5.08. The minimum absolute atomic E-state index is 0.106. The lowest BCUT2D eigenvalue weighted by Gasteiger charge is -1.96. The first-order valence-electron chi connectivity index (χ1n) is 5.04. The zero-order chi connectivity index (χ0) is 11.8. The van der Waals surface area contributed by atoms with Crippen molar-refractivity contribution in [2.75, 3.05) is 6.61 Å². The SMILES string of the molecule is CCOC=O.OCc1cccc2[nH]ccc12. The fraction of sp³-hybridized carbons (Fsp3) is 0.250. The van der Waals surface area contributed by atoms with E-state index in [0.717, 1.165) is 16.5 Å². The van der Waals surface area contributed by atoms with Gasteiger partial charge in [0.1, 0.15) is 0 Å². The molecule has 1 aromatic carbocycles. The van der Waals surface area contributed by atoms with Crippen molar-refractivity contribution in [1.29, 1.82) is 0 Å². The van der Waals surface area contributed by atoms with Gasteiger partial charge in [-0.25, -0.2) is 0 Å². The van der Waals surface area contributed by atoms with Crippen LogP contribution in [0.2, 0.25) is 0 Å². The fourth-order valence-electron chi connectivity index (χ4n) is 1.36. The highest BCUT2D eigenvalue weighted by Crippen LogP contribution is 2.16. The molecular formula is C12H15NO3. The summed E-state index contributed by atoms with van der Waals surface area (Å²) in [4.78, 5) is 12.3. The van der Waals surface area contributed by atoms with E-state index in [-0.39, 0.29) is 6.61 Å². The van der Waals surface area contributed by atoms with Gasteiger partial charge in [0.15, 0.2) is 0 Å². The highest BCUT2D eigenvalue weighted by Gasteiger charge is 1.97. The van der Waals surface area contributed by atoms with Crippen LogP contribution in [0.15, 0.2) is 30.5 Å². The van der Waals surface area contributed by atoms with Crippen molar-refractivity contribution in [3.05, 3.63) is 36.0 Å². The molecule has 0 unspecified atom stereocenters. The molecule has 16 heavy (non-hydrogen) atoms. The number of H-pyrrole nitrogens is 1. The average molecular weight is 221 g/mol. The van der Waals surface area contributed by atoms with Crippen molar-refractivity contribution < 1.29 is 14.6 Å². The van der Waals surface area contributed by atoms with Crippen LogP contribution < -0.4 is 0 Å². The monoisotopic (exact) mass is 221 g/mol. The second kappa shape index (κ2) is 6.63. The van der Waals surface area contributed by atoms with E-state index in [0.29, 0.717) is 13.1 Å². The number of aliphatic hydroxyl groups is 1. The summed E-state index contributed by atoms with van der Waals surface area (Å²) < 4.78 is 4.15. The number of aromatic amines is 1. The van der Waals surface area contributed by atoms with Crippen LogP contribution in [0.3, 0.4) is 0 Å². The molecule has 0 atom stereocenters. The van der Waals surface area contributed by atoms with Gasteiger partial charge < -0.3 is 14.8 Å². The lowest BCUT2D eigenvalue weighted by atomic mass is 10.1. The molecule has 2 N–H and O–H groups in total. The summed E-state index contributed by atoms with van der Waals surface area (Å²) in [5.74, 6) is 0. The van der Waals surface area contributed by atoms with Crippen molar-refractivity contribution in [2.45, 2.75) is 13.5 Å². The second-order valence-electron chi connectivity index (χ2n) is 3.07. The summed E-state index contributed by atoms with van der Waals surface area (Å²) in [6.45, 7) is 2.77. The summed E-state index contributed by atoms with van der Waals surface area (Å²) >= 11 is 0. The third kappa shape index (κ3) is 3.10. The number of hydrogen-bond donors (Lipinski definition) is 2. The van der Waals surface area contributed by atoms with Crippen LogP contribution in [0, 0.1) is 0 Å². The van der Waals surface area contributed by atoms with Gasteiger partial charge in [0.05, 0.1) is 13.2 Å². The summed E-state index contributed by atoms with van der Waals surface area (Å²) in [6.07, 6.45) is 1.88. The fourth-order valence-corrected chi connectivity index (χ4v) is 1.36. The van der Waals surface area contributed by atoms with Crippen molar-refractivity contribution >= 4 is 17.4 Å². The van der Waals surface area contributed by atoms with Crippen molar-refractivity contribution in [3.63, 3.8) is 0 Å². The molecule has 0 amide bonds. The lowest BCUT2D eigenvalue weighted by Crippen LogP contribution is -1.81. The number of aromatic nitrogens is 1. The molecule has 1 heterocycles. The second-order valence-corrected chi connectivity index (χ2v) is 3.07. The van der Waals surface area contributed by atoms with Crippen molar-refractivity contribution in [2.24, 2.45) is 0 Å². The molecule has 0 aliphatic heterocycles. The summed E-state index contributed by atoms with van der Waals surface area (Å²) in [5, 5.41) is 10.0. The Morgan fingerprint density at radius 3 is 2.81 bits per heavy atom. The highest BCUT2D eigenvalue weighted by atomic mass is 16.5. The van der Waals surface area contributed by atoms with Crippen molar-refractivity contribution in [3.8, 4) is 0 Å². The largest absolute Gasteiger partial charge is 0.468 e. The molecule has 0 saturated carbocycles. The molecule has 0 radical (unpaired) electrons. The van der Waals surface area contributed by atoms with Crippen LogP contribution >= 0.6 is 0 Å². The summed E-state index contributed by atoms with van der Waals surface area (Å²) in [6, 6.07) is 7.83. The topological polar surface area (TPSA) is 62.3 Å². The Balaban J connectivity index is 0.000000221. The predicted molar refractivity (Wildman–Crippen MR) is 61.9 cm³/mol. The van der Waals surface area contributed by atoms with E-state index >= 15 is 0 Å². The molecule has 0 aliphatic carbocycles. The number of carbonyl (C=O) groups excluding carboxylic acids is 1. The normalized spacial score (nSPS) is 9.38. The van der Waals surface area contributed by atoms with E-state index in [4.69, 9.17) is 5.11 Å². The first-order valence-corrected chi connectivity index (χ1v) is 5.04. The maximum absolute atomic E-state index is 9.18. The number of nitrogens with one attached hydrogen (secondary N) is 1. The van der Waals surface area contributed by atoms with E-state index in [9.17, 15) is 4.79 Å². The van der Waals surface area contributed by atoms with Crippen LogP contribution in [0.5, 0.6) is 0 Å². The number of hydrogen-bond acceptors (Lipinski definition) is 3. The van der Waals surface area contributed by atoms with Gasteiger partial charge in [-0.1, -0.05) is 12.1 Å². The maximum atomic E-state index is 9.18. The molecule has 0 aliphatic rings. The van der Waals surface area contributed by atoms with E-state index in [1.165, 1.54) is 0 Å². The van der Waals surface area contributed by atoms with E-state index in [2.05, 4.69) is 9.72 Å². The molecular weight excluding hydrogens is 206 g/mol. The van der Waals surface area contributed by atoms with Gasteiger partial charge in [0.2, 0.25) is 0 Å². The quantitative estimate of drug-likeness (QED) is 0.777. The molecule has 0 saturated heterocycles. The van der Waals surface area contributed by atoms with Gasteiger partial charge in [-0.15, -0.1) is 0 Å². The van der Waals surface area contributed by atoms with E-state index in [1.807, 2.05) is 30.5 Å². The Morgan fingerprint density at radius 1 is 1.44 bits per heavy atom. The molecule has 0 spiro atoms. The van der Waals surface area contributed by atoms with E-state index in [1.54, 1.807) is 6.92 Å². The molecule has 4 nitrogen and oxygen atoms in total. The Labute approximate surface area is 93.9 Å². The average Bonchev–Trinajstić information content (AvgIpc) is 2.78. The first-order chi connectivity index (χ1) is 7.83. The van der Waals surface area contributed by atoms with Gasteiger partial charge in [-0.05, 0) is 24.6 Å². The lowest BCUT2D eigenvalue weighted by molar-refractivity contribution is -0.128. The molecule has 86 valence electrons. The number of rotatable bonds is 3. The number of fused-ring (bicyclic) bond motifs is 1. The zero-order valence-electron chi connectivity index (χ0n) is 9.14. The maximum Gasteiger partial charge on any atom is 0.293 e. The smallest absolute Gasteiger partial charge is 0.293 e. The molecule has 1 aromatic heterocycles. The molecule has 4 heteroatoms. The minimum atomic E-state index is 0.106. The number of benzene rings is 1. The molecule has 0 bridgehead atoms. The van der Waals surface area contributed by atoms with Gasteiger partial charge in [-0.3, -0.25) is 4.79 Å². The van der Waals surface area contributed by atoms with Gasteiger partial charge in [0.25, 0.3) is 6.47 Å². The summed E-state index contributed by atoms with van der Waals surface area (Å²) in [7, 11) is 0. The Hall–Kier alpha value is -1.81. The van der Waals surface area contributed by atoms with Gasteiger partial charge >= 0.3 is 0 Å². The van der Waals surface area contributed by atoms with Crippen LogP contribution in [0.4, 0.5) is 0 Å². The van der Waals surface area contributed by atoms with Gasteiger partial charge in [-0.2, -0.15) is 0 Å².